The molecular formula is C58H94ClN15O11S3Si2. The van der Waals surface area contributed by atoms with Crippen molar-refractivity contribution in [3.05, 3.63) is 50.0 Å². The van der Waals surface area contributed by atoms with Gasteiger partial charge < -0.3 is 24.9 Å². The van der Waals surface area contributed by atoms with Gasteiger partial charge in [0.15, 0.2) is 49.2 Å². The highest BCUT2D eigenvalue weighted by atomic mass is 35.6. The fourth-order valence-electron chi connectivity index (χ4n) is 9.08. The van der Waals surface area contributed by atoms with E-state index in [2.05, 4.69) is 135 Å². The largest absolute Gasteiger partial charge is 0.408 e. The van der Waals surface area contributed by atoms with Crippen LogP contribution in [0.4, 0.5) is 17.8 Å². The summed E-state index contributed by atoms with van der Waals surface area (Å²) in [5.74, 6) is -1.15. The van der Waals surface area contributed by atoms with E-state index in [1.165, 1.54) is 24.4 Å². The topological polar surface area (TPSA) is 368 Å². The number of rotatable bonds is 14. The van der Waals surface area contributed by atoms with Crippen molar-refractivity contribution < 1.29 is 39.2 Å². The highest BCUT2D eigenvalue weighted by Crippen LogP contribution is 2.50. The van der Waals surface area contributed by atoms with Crippen LogP contribution < -0.4 is 32.6 Å². The first kappa shape index (κ1) is 74.1. The predicted molar refractivity (Wildman–Crippen MR) is 365 cm³/mol. The molecule has 0 aromatic carbocycles. The number of hydrogen-bond donors (Lipinski definition) is 10. The van der Waals surface area contributed by atoms with Crippen molar-refractivity contribution in [3.63, 3.8) is 0 Å². The van der Waals surface area contributed by atoms with Crippen LogP contribution in [0.5, 0.6) is 0 Å². The lowest BCUT2D eigenvalue weighted by Crippen LogP contribution is -2.48. The maximum atomic E-state index is 12.6. The molecule has 6 aromatic rings. The minimum Gasteiger partial charge on any atom is -0.408 e. The number of halogens is 1. The number of nitrogens with one attached hydrogen (secondary N) is 6. The summed E-state index contributed by atoms with van der Waals surface area (Å²) in [6, 6.07) is 0. The number of H-pyrrole nitrogens is 3. The van der Waals surface area contributed by atoms with Gasteiger partial charge in [0.05, 0.1) is 37.3 Å². The van der Waals surface area contributed by atoms with E-state index in [9.17, 15) is 49.2 Å². The van der Waals surface area contributed by atoms with Crippen molar-refractivity contribution in [3.8, 4) is 0 Å². The molecule has 26 nitrogen and oxygen atoms in total. The first-order valence-corrected chi connectivity index (χ1v) is 40.3. The van der Waals surface area contributed by atoms with Crippen molar-refractivity contribution >= 4 is 131 Å². The summed E-state index contributed by atoms with van der Waals surface area (Å²) >= 11 is 10.8. The summed E-state index contributed by atoms with van der Waals surface area (Å²) in [5, 5.41) is 49.5. The smallest absolute Gasteiger partial charge is 0.280 e. The number of aliphatic hydroxyl groups excluding tert-OH is 4. The maximum Gasteiger partial charge on any atom is 0.280 e. The molecule has 0 bridgehead atoms. The zero-order chi connectivity index (χ0) is 67.6. The lowest BCUT2D eigenvalue weighted by molar-refractivity contribution is -0.119. The first-order valence-electron chi connectivity index (χ1n) is 30.6. The number of aromatic amines is 3. The second kappa shape index (κ2) is 29.5. The molecule has 10 N–H and O–H groups in total. The Labute approximate surface area is 544 Å². The molecule has 90 heavy (non-hydrogen) atoms. The van der Waals surface area contributed by atoms with E-state index in [0.29, 0.717) is 28.0 Å². The third-order valence-corrected chi connectivity index (χ3v) is 32.1. The molecule has 0 aliphatic carbocycles. The van der Waals surface area contributed by atoms with E-state index in [-0.39, 0.29) is 108 Å². The summed E-state index contributed by atoms with van der Waals surface area (Å²) in [4.78, 5) is 106. The van der Waals surface area contributed by atoms with Gasteiger partial charge in [-0.25, -0.2) is 15.0 Å². The number of thioether (sulfide) groups is 3. The Morgan fingerprint density at radius 1 is 0.556 bits per heavy atom. The summed E-state index contributed by atoms with van der Waals surface area (Å²) in [7, 11) is -3.57. The van der Waals surface area contributed by atoms with Gasteiger partial charge in [-0.1, -0.05) is 124 Å². The zero-order valence-electron chi connectivity index (χ0n) is 55.3. The number of carbonyl (C=O) groups is 3. The van der Waals surface area contributed by atoms with E-state index in [0.717, 1.165) is 12.8 Å². The van der Waals surface area contributed by atoms with Crippen LogP contribution in [0.15, 0.2) is 33.4 Å². The molecule has 12 atom stereocenters. The van der Waals surface area contributed by atoms with Gasteiger partial charge in [-0.15, -0.1) is 35.3 Å². The van der Waals surface area contributed by atoms with Crippen LogP contribution in [0.1, 0.15) is 146 Å². The minimum atomic E-state index is -2.18. The Morgan fingerprint density at radius 3 is 1.17 bits per heavy atom. The zero-order valence-corrected chi connectivity index (χ0v) is 60.5. The van der Waals surface area contributed by atoms with Crippen molar-refractivity contribution in [1.29, 1.82) is 0 Å². The Hall–Kier alpha value is -4.97. The molecule has 9 heterocycles. The van der Waals surface area contributed by atoms with Gasteiger partial charge in [-0.3, -0.25) is 73.4 Å². The van der Waals surface area contributed by atoms with Crippen molar-refractivity contribution in [2.24, 2.45) is 23.7 Å². The monoisotopic (exact) mass is 1360 g/mol. The Balaban J connectivity index is 0.000000204. The van der Waals surface area contributed by atoms with Crippen LogP contribution in [0.2, 0.25) is 36.3 Å². The molecule has 500 valence electrons. The molecule has 3 saturated heterocycles. The second-order valence-electron chi connectivity index (χ2n) is 27.0. The molecule has 3 aliphatic heterocycles. The number of nitrogens with zero attached hydrogens (tertiary/aromatic N) is 9. The van der Waals surface area contributed by atoms with Crippen LogP contribution in [0, 0.1) is 23.7 Å². The van der Waals surface area contributed by atoms with E-state index in [1.54, 1.807) is 85.1 Å². The average Bonchev–Trinajstić information content (AvgIpc) is 1.62. The number of anilines is 3. The third kappa shape index (κ3) is 16.7. The number of fused-ring (bicyclic) bond motifs is 3. The van der Waals surface area contributed by atoms with Gasteiger partial charge in [-0.2, -0.15) is 26.0 Å². The number of aliphatic hydroxyl groups is 4. The molecule has 0 spiro atoms. The van der Waals surface area contributed by atoms with Crippen molar-refractivity contribution in [2.75, 3.05) is 16.0 Å². The lowest BCUT2D eigenvalue weighted by Gasteiger charge is -2.40. The number of hydrogen-bond acceptors (Lipinski definition) is 20. The quantitative estimate of drug-likeness (QED) is 0.0359. The normalized spacial score (nSPS) is 24.7. The van der Waals surface area contributed by atoms with E-state index < -0.39 is 68.3 Å². The molecule has 3 aliphatic rings. The van der Waals surface area contributed by atoms with Crippen LogP contribution in [-0.4, -0.2) is 159 Å². The highest BCUT2D eigenvalue weighted by molar-refractivity contribution is 8.00. The molecule has 0 unspecified atom stereocenters. The van der Waals surface area contributed by atoms with Gasteiger partial charge in [0.1, 0.15) is 28.3 Å². The summed E-state index contributed by atoms with van der Waals surface area (Å²) in [6.07, 6.45) is 3.46. The van der Waals surface area contributed by atoms with E-state index in [1.807, 2.05) is 20.8 Å². The third-order valence-electron chi connectivity index (χ3n) is 17.0. The second-order valence-corrected chi connectivity index (χ2v) is 43.1. The Morgan fingerprint density at radius 2 is 0.867 bits per heavy atom. The summed E-state index contributed by atoms with van der Waals surface area (Å²) < 4.78 is 11.8. The van der Waals surface area contributed by atoms with Gasteiger partial charge in [0.25, 0.3) is 16.7 Å². The van der Waals surface area contributed by atoms with E-state index in [4.69, 9.17) is 15.5 Å². The van der Waals surface area contributed by atoms with Gasteiger partial charge in [0.2, 0.25) is 35.6 Å². The number of carbonyl (C=O) groups excluding carboxylic acids is 3. The highest BCUT2D eigenvalue weighted by Gasteiger charge is 2.50. The van der Waals surface area contributed by atoms with Crippen molar-refractivity contribution in [2.45, 2.75) is 229 Å². The summed E-state index contributed by atoms with van der Waals surface area (Å²) in [6.45, 7) is 40.4. The molecule has 3 fully saturated rings. The Bertz CT molecular complexity index is 3510. The SMILES string of the molecule is CC(C)(C)[Si](C)(C)Cl.CC[C@H]1S[C@@H](n2cnc3c(=O)[nH]c(NC(=O)C(C)C)nc32)[C@H](O)[C@@H]1C.CC[C@H]1S[C@@H](n2cnc3c(=O)[nH]c(NC(=O)C(C)C)nc32)[C@H](O)[C@@H]1O.CC[C@H]1S[C@@H](n2cnc3c(=O)[nH]c(NC(=O)C(C)C)nc32)[C@H](O[Si](C)(C)C(C)(C)C)[C@@H]1O. The van der Waals surface area contributed by atoms with Crippen LogP contribution in [0.3, 0.4) is 0 Å². The molecule has 32 heteroatoms. The predicted octanol–water partition coefficient (Wildman–Crippen LogP) is 8.91. The number of imidazole rings is 3. The molecular weight excluding hydrogens is 1270 g/mol. The Kier molecular flexibility index (Phi) is 24.3. The fraction of sp³-hybridized carbons (Fsp3) is 0.690. The van der Waals surface area contributed by atoms with Crippen LogP contribution in [0.25, 0.3) is 33.5 Å². The van der Waals surface area contributed by atoms with E-state index >= 15 is 0 Å². The van der Waals surface area contributed by atoms with Crippen LogP contribution >= 0.6 is 46.4 Å². The first-order chi connectivity index (χ1) is 41.7. The minimum absolute atomic E-state index is 0.00525. The molecule has 9 rings (SSSR count). The standard InChI is InChI=1S/C21H35N5O4SSi.C16H23N5O3S.C15H21N5O4S.C6H15ClSi/c1-9-12-14(27)15(30-32(7,8)21(4,5)6)19(31-12)26-10-22-13-16(26)23-20(25-18(13)29)24-17(28)11(2)3;1-5-9-8(4)11(22)15(25-9)21-6-17-10-12(21)18-16(20-14(10)24)19-13(23)7(2)3;1-4-7-9(21)10(22)14(25-7)20-5-16-8-11(20)17-15(19-13(8)24)18-12(23)6(2)3;1-6(2,3)8(4,5)7/h10-12,14-15,19,27H,9H2,1-8H3,(H2,23,24,25,28,29);6-9,11,15,22H,5H2,1-4H3,(H2,18,19,20,23,24);5-7,9-10,14,21-22H,4H2,1-3H3,(H2,17,18,19,23,24);1-5H3/t12-,14-,15-,19-;8-,9-,11-,15-;7-,9-,10-,14-;/m111./s1. The average molecular weight is 1370 g/mol. The summed E-state index contributed by atoms with van der Waals surface area (Å²) in [5.41, 5.74) is 0.157. The van der Waals surface area contributed by atoms with Crippen molar-refractivity contribution in [1.82, 2.24) is 58.6 Å². The number of aromatic nitrogens is 12. The molecule has 0 saturated carbocycles. The lowest BCUT2D eigenvalue weighted by atomic mass is 9.99. The molecule has 3 amide bonds. The number of amides is 3. The fourth-order valence-corrected chi connectivity index (χ4v) is 15.1. The van der Waals surface area contributed by atoms with Gasteiger partial charge in [-0.05, 0) is 48.4 Å². The van der Waals surface area contributed by atoms with Gasteiger partial charge in [0, 0.05) is 33.5 Å². The molecule has 0 radical (unpaired) electrons. The molecule has 6 aromatic heterocycles. The van der Waals surface area contributed by atoms with Crippen LogP contribution in [-0.2, 0) is 18.8 Å². The maximum absolute atomic E-state index is 12.6. The van der Waals surface area contributed by atoms with Gasteiger partial charge >= 0.3 is 0 Å².